The molecule has 0 amide bonds. The summed E-state index contributed by atoms with van der Waals surface area (Å²) in [5.41, 5.74) is 2.54. The molecule has 0 bridgehead atoms. The molecule has 3 rings (SSSR count). The minimum Gasteiger partial charge on any atom is -0.457 e. The number of aliphatic hydroxyl groups excluding tert-OH is 1. The number of unbranched alkanes of at least 4 members (excludes halogenated alkanes) is 1. The molecule has 1 aliphatic heterocycles. The summed E-state index contributed by atoms with van der Waals surface area (Å²) < 4.78 is 16.0. The minimum atomic E-state index is 0.0922. The average Bonchev–Trinajstić information content (AvgIpc) is 2.66. The third kappa shape index (κ3) is 6.86. The molecule has 1 N–H and O–H groups in total. The molecule has 1 aliphatic rings. The maximum atomic E-state index is 8.34. The normalized spacial score (nSPS) is 11.6. The Morgan fingerprint density at radius 3 is 1.96 bits per heavy atom. The van der Waals surface area contributed by atoms with Crippen LogP contribution in [0.3, 0.4) is 0 Å². The van der Waals surface area contributed by atoms with Gasteiger partial charge in [-0.15, -0.1) is 0 Å². The Labute approximate surface area is 150 Å². The van der Waals surface area contributed by atoms with Crippen LogP contribution in [0.1, 0.15) is 30.9 Å². The summed E-state index contributed by atoms with van der Waals surface area (Å²) in [7, 11) is 0. The first-order valence-electron chi connectivity index (χ1n) is 8.95. The highest BCUT2D eigenvalue weighted by molar-refractivity contribution is 5.49. The van der Waals surface area contributed by atoms with Crippen molar-refractivity contribution in [2.24, 2.45) is 0 Å². The van der Waals surface area contributed by atoms with E-state index in [4.69, 9.17) is 19.3 Å². The lowest BCUT2D eigenvalue weighted by Gasteiger charge is -2.19. The lowest BCUT2D eigenvalue weighted by Crippen LogP contribution is -2.07. The summed E-state index contributed by atoms with van der Waals surface area (Å²) in [5, 5.41) is 8.34. The zero-order valence-electron chi connectivity index (χ0n) is 14.9. The molecular weight excluding hydrogens is 316 g/mol. The highest BCUT2D eigenvalue weighted by Gasteiger charge is 2.14. The first kappa shape index (κ1) is 19.4. The Balaban J connectivity index is 0.000000188. The Morgan fingerprint density at radius 2 is 1.40 bits per heavy atom. The first-order valence-corrected chi connectivity index (χ1v) is 8.95. The Kier molecular flexibility index (Phi) is 9.05. The van der Waals surface area contributed by atoms with Crippen molar-refractivity contribution in [3.05, 3.63) is 59.7 Å². The molecule has 0 saturated carbocycles. The molecule has 136 valence electrons. The number of ether oxygens (including phenoxy) is 3. The summed E-state index contributed by atoms with van der Waals surface area (Å²) >= 11 is 0. The van der Waals surface area contributed by atoms with E-state index in [1.165, 1.54) is 11.1 Å². The smallest absolute Gasteiger partial charge is 0.130 e. The third-order valence-corrected chi connectivity index (χ3v) is 3.80. The van der Waals surface area contributed by atoms with Crippen LogP contribution < -0.4 is 4.74 Å². The molecule has 0 fully saturated rings. The van der Waals surface area contributed by atoms with E-state index in [9.17, 15) is 0 Å². The standard InChI is InChI=1S/C13H10O.C8H18O3/c1-3-7-12-10(5-1)9-11-6-2-4-8-13(11)14-12;1-2-3-5-10-7-8-11-6-4-9/h1-8H,9H2;9H,2-8H2,1H3. The van der Waals surface area contributed by atoms with Crippen LogP contribution in [-0.2, 0) is 15.9 Å². The quantitative estimate of drug-likeness (QED) is 0.622. The van der Waals surface area contributed by atoms with E-state index in [2.05, 4.69) is 31.2 Å². The number of hydrogen-bond acceptors (Lipinski definition) is 4. The predicted octanol–water partition coefficient (Wildman–Crippen LogP) is 4.20. The number of rotatable bonds is 8. The topological polar surface area (TPSA) is 47.9 Å². The van der Waals surface area contributed by atoms with Gasteiger partial charge in [-0.2, -0.15) is 0 Å². The molecule has 4 nitrogen and oxygen atoms in total. The first-order chi connectivity index (χ1) is 12.3. The highest BCUT2D eigenvalue weighted by atomic mass is 16.5. The van der Waals surface area contributed by atoms with Crippen LogP contribution >= 0.6 is 0 Å². The predicted molar refractivity (Wildman–Crippen MR) is 99.4 cm³/mol. The molecule has 2 aromatic rings. The Bertz CT molecular complexity index is 517. The van der Waals surface area contributed by atoms with Crippen molar-refractivity contribution < 1.29 is 19.3 Å². The number of fused-ring (bicyclic) bond motifs is 2. The monoisotopic (exact) mass is 344 g/mol. The maximum Gasteiger partial charge on any atom is 0.130 e. The van der Waals surface area contributed by atoms with Crippen LogP contribution in [0.2, 0.25) is 0 Å². The molecule has 0 radical (unpaired) electrons. The Hall–Kier alpha value is -1.88. The van der Waals surface area contributed by atoms with E-state index < -0.39 is 0 Å². The number of para-hydroxylation sites is 2. The lowest BCUT2D eigenvalue weighted by molar-refractivity contribution is 0.0324. The fraction of sp³-hybridized carbons (Fsp3) is 0.429. The molecule has 2 aromatic carbocycles. The van der Waals surface area contributed by atoms with E-state index in [1.807, 2.05) is 24.3 Å². The summed E-state index contributed by atoms with van der Waals surface area (Å²) in [6.45, 7) is 4.68. The van der Waals surface area contributed by atoms with Gasteiger partial charge >= 0.3 is 0 Å². The summed E-state index contributed by atoms with van der Waals surface area (Å²) in [5.74, 6) is 1.98. The van der Waals surface area contributed by atoms with Crippen molar-refractivity contribution in [3.8, 4) is 11.5 Å². The van der Waals surface area contributed by atoms with Crippen molar-refractivity contribution in [1.29, 1.82) is 0 Å². The number of benzene rings is 2. The van der Waals surface area contributed by atoms with E-state index in [1.54, 1.807) is 0 Å². The minimum absolute atomic E-state index is 0.0922. The van der Waals surface area contributed by atoms with Gasteiger partial charge in [0.05, 0.1) is 26.4 Å². The average molecular weight is 344 g/mol. The summed E-state index contributed by atoms with van der Waals surface area (Å²) in [6.07, 6.45) is 3.25. The van der Waals surface area contributed by atoms with E-state index in [0.29, 0.717) is 19.8 Å². The fourth-order valence-corrected chi connectivity index (χ4v) is 2.46. The summed E-state index contributed by atoms with van der Waals surface area (Å²) in [6, 6.07) is 16.4. The van der Waals surface area contributed by atoms with E-state index >= 15 is 0 Å². The number of aliphatic hydroxyl groups is 1. The van der Waals surface area contributed by atoms with Gasteiger partial charge in [0, 0.05) is 13.0 Å². The SMILES string of the molecule is CCCCOCCOCCO.c1ccc2c(c1)Cc1ccccc1O2. The molecule has 25 heavy (non-hydrogen) atoms. The zero-order chi connectivity index (χ0) is 17.7. The van der Waals surface area contributed by atoms with Crippen LogP contribution in [0.15, 0.2) is 48.5 Å². The van der Waals surface area contributed by atoms with E-state index in [0.717, 1.165) is 37.4 Å². The molecular formula is C21H28O4. The van der Waals surface area contributed by atoms with Gasteiger partial charge in [-0.1, -0.05) is 49.7 Å². The molecule has 4 heteroatoms. The van der Waals surface area contributed by atoms with E-state index in [-0.39, 0.29) is 6.61 Å². The van der Waals surface area contributed by atoms with Gasteiger partial charge < -0.3 is 19.3 Å². The highest BCUT2D eigenvalue weighted by Crippen LogP contribution is 2.35. The summed E-state index contributed by atoms with van der Waals surface area (Å²) in [4.78, 5) is 0. The van der Waals surface area contributed by atoms with Crippen LogP contribution in [0.25, 0.3) is 0 Å². The second kappa shape index (κ2) is 11.6. The van der Waals surface area contributed by atoms with Crippen molar-refractivity contribution >= 4 is 0 Å². The van der Waals surface area contributed by atoms with Crippen LogP contribution in [-0.4, -0.2) is 38.1 Å². The van der Waals surface area contributed by atoms with Gasteiger partial charge in [-0.05, 0) is 29.7 Å². The van der Waals surface area contributed by atoms with Gasteiger partial charge in [0.1, 0.15) is 11.5 Å². The fourth-order valence-electron chi connectivity index (χ4n) is 2.46. The largest absolute Gasteiger partial charge is 0.457 e. The van der Waals surface area contributed by atoms with Crippen molar-refractivity contribution in [3.63, 3.8) is 0 Å². The second-order valence-corrected chi connectivity index (χ2v) is 5.80. The Morgan fingerprint density at radius 1 is 0.840 bits per heavy atom. The van der Waals surface area contributed by atoms with Gasteiger partial charge in [-0.25, -0.2) is 0 Å². The molecule has 0 aromatic heterocycles. The van der Waals surface area contributed by atoms with Crippen molar-refractivity contribution in [2.45, 2.75) is 26.2 Å². The molecule has 0 aliphatic carbocycles. The second-order valence-electron chi connectivity index (χ2n) is 5.80. The van der Waals surface area contributed by atoms with Gasteiger partial charge in [0.2, 0.25) is 0 Å². The van der Waals surface area contributed by atoms with Gasteiger partial charge in [0.15, 0.2) is 0 Å². The molecule has 0 unspecified atom stereocenters. The molecule has 1 heterocycles. The number of hydrogen-bond donors (Lipinski definition) is 1. The van der Waals surface area contributed by atoms with Crippen molar-refractivity contribution in [1.82, 2.24) is 0 Å². The maximum absolute atomic E-state index is 8.34. The van der Waals surface area contributed by atoms with Gasteiger partial charge in [0.25, 0.3) is 0 Å². The van der Waals surface area contributed by atoms with Crippen molar-refractivity contribution in [2.75, 3.05) is 33.0 Å². The molecule has 0 saturated heterocycles. The molecule has 0 atom stereocenters. The van der Waals surface area contributed by atoms with Gasteiger partial charge in [-0.3, -0.25) is 0 Å². The van der Waals surface area contributed by atoms with Crippen LogP contribution in [0, 0.1) is 0 Å². The zero-order valence-corrected chi connectivity index (χ0v) is 14.9. The molecule has 0 spiro atoms. The van der Waals surface area contributed by atoms with Crippen LogP contribution in [0.5, 0.6) is 11.5 Å². The van der Waals surface area contributed by atoms with Crippen LogP contribution in [0.4, 0.5) is 0 Å². The lowest BCUT2D eigenvalue weighted by atomic mass is 10.0. The third-order valence-electron chi connectivity index (χ3n) is 3.80.